The third-order valence-electron chi connectivity index (χ3n) is 10.0. The first-order chi connectivity index (χ1) is 26.5. The Kier molecular flexibility index (Phi) is 15.1. The van der Waals surface area contributed by atoms with Crippen LogP contribution in [0.25, 0.3) is 0 Å². The first-order valence-electron chi connectivity index (χ1n) is 19.8. The summed E-state index contributed by atoms with van der Waals surface area (Å²) in [6, 6.07) is 16.9. The molecule has 1 N–H and O–H groups in total. The van der Waals surface area contributed by atoms with Crippen LogP contribution >= 0.6 is 0 Å². The molecule has 3 aromatic rings. The first-order valence-corrected chi connectivity index (χ1v) is 19.8. The van der Waals surface area contributed by atoms with Gasteiger partial charge in [-0.2, -0.15) is 0 Å². The molecule has 5 rings (SSSR count). The summed E-state index contributed by atoms with van der Waals surface area (Å²) in [5, 5.41) is 2.97. The first kappa shape index (κ1) is 41.7. The lowest BCUT2D eigenvalue weighted by Gasteiger charge is -2.37. The highest BCUT2D eigenvalue weighted by atomic mass is 16.6. The second-order valence-corrected chi connectivity index (χ2v) is 15.0. The second kappa shape index (κ2) is 19.9. The zero-order chi connectivity index (χ0) is 39.4. The standard InChI is InChI=1S/C44H59N3O8/c1-31(2)53-24-12-10-8-7-9-11-22-45-42(49)21-25-52-27-26-51-23-13-14-39(48)32-15-18-35-38(28-32)44(55-43(35)50)36-19-16-33(46(3)4)29-40(36)54-41-30-34(47(5)6)17-20-37(41)44/h15-20,28-31H,7-14,21-27H2,1-6H3,(H,45,49). The minimum atomic E-state index is -1.27. The van der Waals surface area contributed by atoms with E-state index in [1.807, 2.05) is 74.4 Å². The van der Waals surface area contributed by atoms with Gasteiger partial charge in [-0.25, -0.2) is 4.79 Å². The summed E-state index contributed by atoms with van der Waals surface area (Å²) in [5.74, 6) is 0.688. The van der Waals surface area contributed by atoms with Crippen molar-refractivity contribution in [2.24, 2.45) is 0 Å². The molecule has 0 unspecified atom stereocenters. The number of nitrogens with zero attached hydrogens (tertiary/aromatic N) is 2. The fourth-order valence-electron chi connectivity index (χ4n) is 6.96. The van der Waals surface area contributed by atoms with E-state index in [2.05, 4.69) is 19.2 Å². The molecule has 11 heteroatoms. The van der Waals surface area contributed by atoms with Crippen LogP contribution in [-0.2, 0) is 29.3 Å². The van der Waals surface area contributed by atoms with E-state index in [0.29, 0.717) is 91.2 Å². The minimum absolute atomic E-state index is 0.000774. The van der Waals surface area contributed by atoms with E-state index in [1.165, 1.54) is 19.3 Å². The number of fused-ring (bicyclic) bond motifs is 6. The van der Waals surface area contributed by atoms with Gasteiger partial charge in [0.15, 0.2) is 11.4 Å². The molecular formula is C44H59N3O8. The van der Waals surface area contributed by atoms with E-state index >= 15 is 0 Å². The number of unbranched alkanes of at least 4 members (excludes halogenated alkanes) is 5. The maximum absolute atomic E-state index is 13.5. The molecule has 11 nitrogen and oxygen atoms in total. The summed E-state index contributed by atoms with van der Waals surface area (Å²) in [4.78, 5) is 43.0. The number of hydrogen-bond donors (Lipinski definition) is 1. The van der Waals surface area contributed by atoms with Gasteiger partial charge in [-0.1, -0.05) is 31.7 Å². The number of esters is 1. The van der Waals surface area contributed by atoms with Gasteiger partial charge in [-0.3, -0.25) is 9.59 Å². The van der Waals surface area contributed by atoms with Crippen LogP contribution in [0.2, 0.25) is 0 Å². The summed E-state index contributed by atoms with van der Waals surface area (Å²) >= 11 is 0. The molecule has 1 spiro atoms. The molecule has 298 valence electrons. The van der Waals surface area contributed by atoms with Gasteiger partial charge >= 0.3 is 5.97 Å². The van der Waals surface area contributed by atoms with E-state index in [0.717, 1.165) is 37.2 Å². The van der Waals surface area contributed by atoms with Gasteiger partial charge in [-0.15, -0.1) is 0 Å². The lowest BCUT2D eigenvalue weighted by Crippen LogP contribution is -2.33. The topological polar surface area (TPSA) is 116 Å². The van der Waals surface area contributed by atoms with Crippen LogP contribution < -0.4 is 19.9 Å². The monoisotopic (exact) mass is 757 g/mol. The van der Waals surface area contributed by atoms with Crippen LogP contribution in [0.4, 0.5) is 11.4 Å². The number of ketones is 1. The summed E-state index contributed by atoms with van der Waals surface area (Å²) in [6.07, 6.45) is 8.22. The van der Waals surface area contributed by atoms with Crippen LogP contribution in [0.1, 0.15) is 109 Å². The van der Waals surface area contributed by atoms with Gasteiger partial charge in [0, 0.05) is 107 Å². The van der Waals surface area contributed by atoms with E-state index in [1.54, 1.807) is 18.2 Å². The largest absolute Gasteiger partial charge is 0.456 e. The van der Waals surface area contributed by atoms with Crippen LogP contribution in [0, 0.1) is 0 Å². The number of benzene rings is 3. The Balaban J connectivity index is 1.06. The maximum atomic E-state index is 13.5. The van der Waals surface area contributed by atoms with Gasteiger partial charge in [0.25, 0.3) is 0 Å². The molecule has 0 radical (unpaired) electrons. The van der Waals surface area contributed by atoms with E-state index in [4.69, 9.17) is 23.7 Å². The summed E-state index contributed by atoms with van der Waals surface area (Å²) < 4.78 is 29.7. The number of nitrogens with one attached hydrogen (secondary N) is 1. The van der Waals surface area contributed by atoms with Crippen LogP contribution in [0.3, 0.4) is 0 Å². The highest BCUT2D eigenvalue weighted by Crippen LogP contribution is 2.57. The number of Topliss-reactive ketones (excluding diaryl/α,β-unsaturated/α-hetero) is 1. The maximum Gasteiger partial charge on any atom is 0.340 e. The van der Waals surface area contributed by atoms with Gasteiger partial charge in [0.2, 0.25) is 5.91 Å². The summed E-state index contributed by atoms with van der Waals surface area (Å²) in [6.45, 7) is 7.16. The molecule has 2 heterocycles. The Morgan fingerprint density at radius 1 is 0.691 bits per heavy atom. The third-order valence-corrected chi connectivity index (χ3v) is 10.0. The van der Waals surface area contributed by atoms with Crippen molar-refractivity contribution in [3.05, 3.63) is 82.4 Å². The molecule has 2 aliphatic heterocycles. The minimum Gasteiger partial charge on any atom is -0.456 e. The third kappa shape index (κ3) is 10.7. The van der Waals surface area contributed by atoms with Gasteiger partial charge < -0.3 is 38.8 Å². The quantitative estimate of drug-likeness (QED) is 0.0588. The highest BCUT2D eigenvalue weighted by Gasteiger charge is 2.54. The van der Waals surface area contributed by atoms with Gasteiger partial charge in [0.05, 0.1) is 31.5 Å². The fourth-order valence-corrected chi connectivity index (χ4v) is 6.96. The Morgan fingerprint density at radius 2 is 1.31 bits per heavy atom. The Morgan fingerprint density at radius 3 is 1.95 bits per heavy atom. The van der Waals surface area contributed by atoms with E-state index in [-0.39, 0.29) is 18.1 Å². The molecule has 55 heavy (non-hydrogen) atoms. The zero-order valence-electron chi connectivity index (χ0n) is 33.5. The van der Waals surface area contributed by atoms with Crippen LogP contribution in [0.15, 0.2) is 54.6 Å². The summed E-state index contributed by atoms with van der Waals surface area (Å²) in [7, 11) is 7.84. The molecule has 3 aromatic carbocycles. The lowest BCUT2D eigenvalue weighted by molar-refractivity contribution is -0.122. The Bertz CT molecular complexity index is 1710. The number of rotatable bonds is 23. The molecule has 0 bridgehead atoms. The molecule has 0 saturated heterocycles. The van der Waals surface area contributed by atoms with Crippen molar-refractivity contribution in [1.29, 1.82) is 0 Å². The molecule has 0 aliphatic carbocycles. The van der Waals surface area contributed by atoms with Crippen LogP contribution in [0.5, 0.6) is 11.5 Å². The van der Waals surface area contributed by atoms with Crippen molar-refractivity contribution in [2.75, 3.05) is 77.6 Å². The van der Waals surface area contributed by atoms with Gasteiger partial charge in [0.1, 0.15) is 11.5 Å². The summed E-state index contributed by atoms with van der Waals surface area (Å²) in [5.41, 5.74) is 3.58. The van der Waals surface area contributed by atoms with E-state index < -0.39 is 11.6 Å². The van der Waals surface area contributed by atoms with Crippen molar-refractivity contribution < 1.29 is 38.1 Å². The molecular weight excluding hydrogens is 698 g/mol. The van der Waals surface area contributed by atoms with E-state index in [9.17, 15) is 14.4 Å². The van der Waals surface area contributed by atoms with Crippen molar-refractivity contribution >= 4 is 29.0 Å². The highest BCUT2D eigenvalue weighted by molar-refractivity contribution is 6.01. The molecule has 1 amide bonds. The fraction of sp³-hybridized carbons (Fsp3) is 0.523. The average Bonchev–Trinajstić information content (AvgIpc) is 3.45. The number of hydrogen-bond acceptors (Lipinski definition) is 10. The van der Waals surface area contributed by atoms with Gasteiger partial charge in [-0.05, 0) is 69.5 Å². The molecule has 0 saturated carbocycles. The molecule has 0 atom stereocenters. The van der Waals surface area contributed by atoms with Crippen LogP contribution in [-0.4, -0.2) is 91.5 Å². The Labute approximate surface area is 326 Å². The average molecular weight is 758 g/mol. The number of ether oxygens (including phenoxy) is 5. The smallest absolute Gasteiger partial charge is 0.340 e. The van der Waals surface area contributed by atoms with Crippen molar-refractivity contribution in [1.82, 2.24) is 5.32 Å². The number of amides is 1. The number of carbonyl (C=O) groups excluding carboxylic acids is 3. The zero-order valence-corrected chi connectivity index (χ0v) is 33.5. The SMILES string of the molecule is CC(C)OCCCCCCCCNC(=O)CCOCCOCCCC(=O)c1ccc2c(c1)C1(OC2=O)c2ccc(N(C)C)cc2Oc2cc(N(C)C)ccc21. The normalized spacial score (nSPS) is 13.5. The molecule has 2 aliphatic rings. The lowest BCUT2D eigenvalue weighted by atomic mass is 9.77. The molecule has 0 fully saturated rings. The second-order valence-electron chi connectivity index (χ2n) is 15.0. The number of carbonyl (C=O) groups is 3. The molecule has 0 aromatic heterocycles. The van der Waals surface area contributed by atoms with Crippen molar-refractivity contribution in [3.63, 3.8) is 0 Å². The Hall–Kier alpha value is -4.45. The predicted octanol–water partition coefficient (Wildman–Crippen LogP) is 7.65. The predicted molar refractivity (Wildman–Crippen MR) is 215 cm³/mol. The van der Waals surface area contributed by atoms with Crippen molar-refractivity contribution in [2.45, 2.75) is 83.3 Å². The number of anilines is 2. The van der Waals surface area contributed by atoms with Crippen molar-refractivity contribution in [3.8, 4) is 11.5 Å².